The van der Waals surface area contributed by atoms with E-state index >= 15 is 0 Å². The van der Waals surface area contributed by atoms with Crippen LogP contribution >= 0.6 is 0 Å². The lowest BCUT2D eigenvalue weighted by Gasteiger charge is -2.11. The van der Waals surface area contributed by atoms with E-state index in [0.717, 1.165) is 6.07 Å². The van der Waals surface area contributed by atoms with Crippen molar-refractivity contribution in [2.24, 2.45) is 5.73 Å². The van der Waals surface area contributed by atoms with Crippen LogP contribution in [0.1, 0.15) is 22.8 Å². The molecule has 1 aromatic rings. The quantitative estimate of drug-likeness (QED) is 0.680. The van der Waals surface area contributed by atoms with E-state index in [2.05, 4.69) is 5.32 Å². The van der Waals surface area contributed by atoms with Crippen LogP contribution in [0.2, 0.25) is 0 Å². The minimum Gasteiger partial charge on any atom is -0.395 e. The predicted molar refractivity (Wildman–Crippen MR) is 58.3 cm³/mol. The van der Waals surface area contributed by atoms with Gasteiger partial charge < -0.3 is 16.2 Å². The summed E-state index contributed by atoms with van der Waals surface area (Å²) in [5, 5.41) is 11.7. The SMILES string of the molecule is CC(CO)NCc1ccc(C(N)=O)cc1F. The summed E-state index contributed by atoms with van der Waals surface area (Å²) in [7, 11) is 0. The van der Waals surface area contributed by atoms with E-state index in [1.807, 2.05) is 0 Å². The number of benzene rings is 1. The fourth-order valence-corrected chi connectivity index (χ4v) is 1.19. The molecule has 5 heteroatoms. The second-order valence-corrected chi connectivity index (χ2v) is 3.63. The zero-order chi connectivity index (χ0) is 12.1. The van der Waals surface area contributed by atoms with Gasteiger partial charge in [-0.05, 0) is 19.1 Å². The first-order valence-electron chi connectivity index (χ1n) is 4.97. The molecule has 0 aromatic heterocycles. The average Bonchev–Trinajstić information content (AvgIpc) is 2.26. The molecule has 1 rings (SSSR count). The molecule has 0 radical (unpaired) electrons. The number of halogens is 1. The monoisotopic (exact) mass is 226 g/mol. The van der Waals surface area contributed by atoms with Crippen LogP contribution in [0.3, 0.4) is 0 Å². The summed E-state index contributed by atoms with van der Waals surface area (Å²) in [5.41, 5.74) is 5.61. The van der Waals surface area contributed by atoms with Crippen molar-refractivity contribution in [1.29, 1.82) is 0 Å². The van der Waals surface area contributed by atoms with Crippen molar-refractivity contribution in [1.82, 2.24) is 5.32 Å². The molecule has 0 spiro atoms. The van der Waals surface area contributed by atoms with Crippen LogP contribution in [0.5, 0.6) is 0 Å². The van der Waals surface area contributed by atoms with Crippen molar-refractivity contribution in [3.05, 3.63) is 35.1 Å². The van der Waals surface area contributed by atoms with Gasteiger partial charge in [-0.15, -0.1) is 0 Å². The van der Waals surface area contributed by atoms with E-state index < -0.39 is 11.7 Å². The summed E-state index contributed by atoms with van der Waals surface area (Å²) in [5.74, 6) is -1.13. The molecule has 1 amide bonds. The Hall–Kier alpha value is -1.46. The van der Waals surface area contributed by atoms with Crippen LogP contribution < -0.4 is 11.1 Å². The number of hydrogen-bond acceptors (Lipinski definition) is 3. The summed E-state index contributed by atoms with van der Waals surface area (Å²) in [6.45, 7) is 2.07. The van der Waals surface area contributed by atoms with Gasteiger partial charge in [-0.2, -0.15) is 0 Å². The van der Waals surface area contributed by atoms with E-state index in [1.165, 1.54) is 12.1 Å². The molecule has 0 saturated carbocycles. The van der Waals surface area contributed by atoms with Gasteiger partial charge >= 0.3 is 0 Å². The molecule has 4 nitrogen and oxygen atoms in total. The fraction of sp³-hybridized carbons (Fsp3) is 0.364. The molecule has 0 bridgehead atoms. The lowest BCUT2D eigenvalue weighted by Crippen LogP contribution is -2.29. The van der Waals surface area contributed by atoms with Crippen LogP contribution in [0, 0.1) is 5.82 Å². The van der Waals surface area contributed by atoms with E-state index in [4.69, 9.17) is 10.8 Å². The van der Waals surface area contributed by atoms with Gasteiger partial charge in [-0.25, -0.2) is 4.39 Å². The Labute approximate surface area is 93.3 Å². The Morgan fingerprint density at radius 1 is 1.62 bits per heavy atom. The molecule has 0 aliphatic rings. The lowest BCUT2D eigenvalue weighted by atomic mass is 10.1. The van der Waals surface area contributed by atoms with Crippen LogP contribution in [-0.4, -0.2) is 23.7 Å². The van der Waals surface area contributed by atoms with Crippen molar-refractivity contribution in [3.63, 3.8) is 0 Å². The third-order valence-corrected chi connectivity index (χ3v) is 2.25. The summed E-state index contributed by atoms with van der Waals surface area (Å²) in [6, 6.07) is 4.00. The Balaban J connectivity index is 2.72. The normalized spacial score (nSPS) is 12.4. The average molecular weight is 226 g/mol. The molecular formula is C11H15FN2O2. The van der Waals surface area contributed by atoms with Crippen molar-refractivity contribution < 1.29 is 14.3 Å². The highest BCUT2D eigenvalue weighted by Crippen LogP contribution is 2.10. The van der Waals surface area contributed by atoms with Crippen LogP contribution in [0.25, 0.3) is 0 Å². The predicted octanol–water partition coefficient (Wildman–Crippen LogP) is 0.395. The Morgan fingerprint density at radius 2 is 2.31 bits per heavy atom. The molecule has 0 heterocycles. The number of carbonyl (C=O) groups is 1. The fourth-order valence-electron chi connectivity index (χ4n) is 1.19. The van der Waals surface area contributed by atoms with Gasteiger partial charge in [0.05, 0.1) is 6.61 Å². The Morgan fingerprint density at radius 3 is 2.81 bits per heavy atom. The van der Waals surface area contributed by atoms with Gasteiger partial charge in [-0.1, -0.05) is 6.07 Å². The summed E-state index contributed by atoms with van der Waals surface area (Å²) >= 11 is 0. The molecule has 1 aromatic carbocycles. The summed E-state index contributed by atoms with van der Waals surface area (Å²) in [6.07, 6.45) is 0. The highest BCUT2D eigenvalue weighted by molar-refractivity contribution is 5.92. The molecule has 88 valence electrons. The lowest BCUT2D eigenvalue weighted by molar-refractivity contribution is 0.1000. The van der Waals surface area contributed by atoms with Gasteiger partial charge in [0.1, 0.15) is 5.82 Å². The zero-order valence-corrected chi connectivity index (χ0v) is 9.03. The van der Waals surface area contributed by atoms with Crippen molar-refractivity contribution in [3.8, 4) is 0 Å². The first-order chi connectivity index (χ1) is 7.54. The van der Waals surface area contributed by atoms with Crippen molar-refractivity contribution in [2.75, 3.05) is 6.61 Å². The Bertz CT molecular complexity index is 382. The number of rotatable bonds is 5. The van der Waals surface area contributed by atoms with Crippen LogP contribution in [-0.2, 0) is 6.54 Å². The number of amides is 1. The second kappa shape index (κ2) is 5.58. The number of aliphatic hydroxyl groups is 1. The van der Waals surface area contributed by atoms with Crippen molar-refractivity contribution >= 4 is 5.91 Å². The van der Waals surface area contributed by atoms with Crippen molar-refractivity contribution in [2.45, 2.75) is 19.5 Å². The number of hydrogen-bond donors (Lipinski definition) is 3. The van der Waals surface area contributed by atoms with E-state index in [-0.39, 0.29) is 18.2 Å². The molecular weight excluding hydrogens is 211 g/mol. The van der Waals surface area contributed by atoms with Crippen LogP contribution in [0.4, 0.5) is 4.39 Å². The summed E-state index contributed by atoms with van der Waals surface area (Å²) < 4.78 is 13.5. The van der Waals surface area contributed by atoms with Gasteiger partial charge in [0.15, 0.2) is 0 Å². The number of primary amides is 1. The molecule has 1 unspecified atom stereocenters. The topological polar surface area (TPSA) is 75.3 Å². The molecule has 1 atom stereocenters. The molecule has 0 fully saturated rings. The van der Waals surface area contributed by atoms with E-state index in [1.54, 1.807) is 6.92 Å². The number of carbonyl (C=O) groups excluding carboxylic acids is 1. The standard InChI is InChI=1S/C11H15FN2O2/c1-7(6-15)14-5-9-3-2-8(11(13)16)4-10(9)12/h2-4,7,14-15H,5-6H2,1H3,(H2,13,16). The first kappa shape index (κ1) is 12.6. The number of nitrogens with one attached hydrogen (secondary N) is 1. The number of aliphatic hydroxyl groups excluding tert-OH is 1. The smallest absolute Gasteiger partial charge is 0.248 e. The zero-order valence-electron chi connectivity index (χ0n) is 9.03. The third kappa shape index (κ3) is 3.29. The molecule has 0 saturated heterocycles. The third-order valence-electron chi connectivity index (χ3n) is 2.25. The maximum Gasteiger partial charge on any atom is 0.248 e. The second-order valence-electron chi connectivity index (χ2n) is 3.63. The Kier molecular flexibility index (Phi) is 4.39. The molecule has 4 N–H and O–H groups in total. The van der Waals surface area contributed by atoms with Gasteiger partial charge in [0.2, 0.25) is 5.91 Å². The largest absolute Gasteiger partial charge is 0.395 e. The van der Waals surface area contributed by atoms with Gasteiger partial charge in [-0.3, -0.25) is 4.79 Å². The summed E-state index contributed by atoms with van der Waals surface area (Å²) in [4.78, 5) is 10.8. The van der Waals surface area contributed by atoms with Crippen LogP contribution in [0.15, 0.2) is 18.2 Å². The molecule has 16 heavy (non-hydrogen) atoms. The molecule has 0 aliphatic carbocycles. The minimum absolute atomic E-state index is 0.0129. The minimum atomic E-state index is -0.651. The highest BCUT2D eigenvalue weighted by Gasteiger charge is 2.07. The number of nitrogens with two attached hydrogens (primary N) is 1. The maximum absolute atomic E-state index is 13.5. The molecule has 0 aliphatic heterocycles. The van der Waals surface area contributed by atoms with Gasteiger partial charge in [0, 0.05) is 23.7 Å². The van der Waals surface area contributed by atoms with E-state index in [9.17, 15) is 9.18 Å². The maximum atomic E-state index is 13.5. The first-order valence-corrected chi connectivity index (χ1v) is 4.97. The highest BCUT2D eigenvalue weighted by atomic mass is 19.1. The van der Waals surface area contributed by atoms with Gasteiger partial charge in [0.25, 0.3) is 0 Å². The van der Waals surface area contributed by atoms with E-state index in [0.29, 0.717) is 12.1 Å².